The van der Waals surface area contributed by atoms with E-state index in [0.717, 1.165) is 40.7 Å². The van der Waals surface area contributed by atoms with E-state index in [2.05, 4.69) is 44.9 Å². The number of hydrogen-bond donors (Lipinski definition) is 2. The molecule has 1 fully saturated rings. The summed E-state index contributed by atoms with van der Waals surface area (Å²) in [6.45, 7) is 10.6. The third-order valence-corrected chi connectivity index (χ3v) is 7.31. The molecule has 0 spiro atoms. The average molecular weight is 565 g/mol. The Hall–Kier alpha value is -4.85. The van der Waals surface area contributed by atoms with Gasteiger partial charge in [0, 0.05) is 0 Å². The van der Waals surface area contributed by atoms with E-state index < -0.39 is 11.9 Å². The molecule has 1 atom stereocenters. The lowest BCUT2D eigenvalue weighted by molar-refractivity contribution is -0.136. The van der Waals surface area contributed by atoms with Crippen molar-refractivity contribution in [1.82, 2.24) is 25.3 Å². The minimum absolute atomic E-state index is 0.0816. The number of ether oxygens (including phenoxy) is 2. The van der Waals surface area contributed by atoms with Crippen molar-refractivity contribution in [2.75, 3.05) is 6.54 Å². The number of nitrogens with zero attached hydrogens (tertiary/aromatic N) is 5. The number of hydrogen-bond acceptors (Lipinski definition) is 8. The molecule has 0 radical (unpaired) electrons. The van der Waals surface area contributed by atoms with Crippen LogP contribution in [0.1, 0.15) is 41.8 Å². The molecular weight excluding hydrogens is 532 g/mol. The number of aromatic nitrogens is 3. The highest BCUT2D eigenvalue weighted by atomic mass is 16.5. The maximum Gasteiger partial charge on any atom is 0.323 e. The van der Waals surface area contributed by atoms with Gasteiger partial charge in [-0.1, -0.05) is 73.2 Å². The molecule has 0 bridgehead atoms. The molecule has 4 aromatic rings. The third-order valence-electron chi connectivity index (χ3n) is 7.31. The number of rotatable bonds is 10. The third kappa shape index (κ3) is 7.07. The summed E-state index contributed by atoms with van der Waals surface area (Å²) < 4.78 is 12.0. The van der Waals surface area contributed by atoms with Crippen LogP contribution in [0.15, 0.2) is 72.8 Å². The number of piperidine rings is 1. The first-order valence-electron chi connectivity index (χ1n) is 13.8. The van der Waals surface area contributed by atoms with Gasteiger partial charge in [0.05, 0.1) is 19.2 Å². The molecule has 5 rings (SSSR count). The molecule has 2 heterocycles. The van der Waals surface area contributed by atoms with Crippen LogP contribution in [0.2, 0.25) is 0 Å². The number of carbonyl (C=O) groups excluding carboxylic acids is 1. The van der Waals surface area contributed by atoms with Crippen LogP contribution in [0.3, 0.4) is 0 Å². The number of amides is 1. The van der Waals surface area contributed by atoms with Gasteiger partial charge in [0.25, 0.3) is 5.91 Å². The van der Waals surface area contributed by atoms with Crippen LogP contribution in [0.25, 0.3) is 16.0 Å². The zero-order chi connectivity index (χ0) is 29.3. The molecule has 0 saturated carbocycles. The van der Waals surface area contributed by atoms with Crippen molar-refractivity contribution < 1.29 is 19.5 Å². The van der Waals surface area contributed by atoms with Crippen LogP contribution in [0.4, 0.5) is 5.69 Å². The van der Waals surface area contributed by atoms with E-state index in [1.54, 1.807) is 23.7 Å². The Labute approximate surface area is 244 Å². The molecule has 1 unspecified atom stereocenters. The lowest BCUT2D eigenvalue weighted by Gasteiger charge is -2.33. The Bertz CT molecular complexity index is 1570. The van der Waals surface area contributed by atoms with Crippen molar-refractivity contribution in [1.29, 1.82) is 0 Å². The van der Waals surface area contributed by atoms with Gasteiger partial charge in [0.2, 0.25) is 0 Å². The Kier molecular flexibility index (Phi) is 9.33. The van der Waals surface area contributed by atoms with Crippen LogP contribution >= 0.6 is 0 Å². The minimum atomic E-state index is -0.492. The van der Waals surface area contributed by atoms with Gasteiger partial charge in [-0.15, -0.1) is 4.98 Å². The SMILES string of the molecule is [C-]#[N+]c1cccc(COc2nc(CN3CCCCC3C(=O)NO)nc(OCc3cccc(-c4ccccc4)c3C)n2)c1. The monoisotopic (exact) mass is 564 g/mol. The van der Waals surface area contributed by atoms with Crippen LogP contribution < -0.4 is 15.0 Å². The standard InChI is InChI=1S/C32H32N6O4/c1-22-25(13-9-15-27(22)24-11-4-3-5-12-24)21-42-32-35-29(19-38-17-7-6-16-28(38)30(39)37-40)34-31(36-32)41-20-23-10-8-14-26(18-23)33-2/h3-5,8-15,18,28,40H,6-7,16-17,19-21H2,1H3,(H,37,39). The van der Waals surface area contributed by atoms with Crippen molar-refractivity contribution in [2.24, 2.45) is 0 Å². The van der Waals surface area contributed by atoms with Crippen molar-refractivity contribution >= 4 is 11.6 Å². The second kappa shape index (κ2) is 13.7. The molecule has 2 N–H and O–H groups in total. The van der Waals surface area contributed by atoms with Crippen LogP contribution in [0.5, 0.6) is 12.0 Å². The lowest BCUT2D eigenvalue weighted by Crippen LogP contribution is -2.48. The summed E-state index contributed by atoms with van der Waals surface area (Å²) in [7, 11) is 0. The van der Waals surface area contributed by atoms with E-state index in [9.17, 15) is 10.0 Å². The second-order valence-corrected chi connectivity index (χ2v) is 10.1. The van der Waals surface area contributed by atoms with Gasteiger partial charge >= 0.3 is 12.0 Å². The highest BCUT2D eigenvalue weighted by molar-refractivity contribution is 5.80. The summed E-state index contributed by atoms with van der Waals surface area (Å²) in [6.07, 6.45) is 2.43. The Morgan fingerprint density at radius 2 is 1.76 bits per heavy atom. The summed E-state index contributed by atoms with van der Waals surface area (Å²) in [4.78, 5) is 31.2. The molecule has 10 heteroatoms. The van der Waals surface area contributed by atoms with Gasteiger partial charge < -0.3 is 9.47 Å². The molecule has 1 aliphatic heterocycles. The number of carbonyl (C=O) groups is 1. The fourth-order valence-corrected chi connectivity index (χ4v) is 5.09. The van der Waals surface area contributed by atoms with E-state index in [0.29, 0.717) is 24.5 Å². The molecule has 1 saturated heterocycles. The fourth-order valence-electron chi connectivity index (χ4n) is 5.09. The van der Waals surface area contributed by atoms with E-state index in [4.69, 9.17) is 16.0 Å². The Balaban J connectivity index is 1.38. The first-order valence-corrected chi connectivity index (χ1v) is 13.8. The van der Waals surface area contributed by atoms with Crippen LogP contribution in [-0.4, -0.2) is 43.6 Å². The first kappa shape index (κ1) is 28.7. The summed E-state index contributed by atoms with van der Waals surface area (Å²) in [5, 5.41) is 9.24. The summed E-state index contributed by atoms with van der Waals surface area (Å²) >= 11 is 0. The summed E-state index contributed by atoms with van der Waals surface area (Å²) in [5.41, 5.74) is 7.43. The Morgan fingerprint density at radius 3 is 2.52 bits per heavy atom. The summed E-state index contributed by atoms with van der Waals surface area (Å²) in [6, 6.07) is 23.1. The lowest BCUT2D eigenvalue weighted by atomic mass is 9.97. The molecular formula is C32H32N6O4. The predicted molar refractivity (Wildman–Crippen MR) is 156 cm³/mol. The first-order chi connectivity index (χ1) is 20.5. The molecule has 42 heavy (non-hydrogen) atoms. The van der Waals surface area contributed by atoms with E-state index in [-0.39, 0.29) is 31.8 Å². The molecule has 0 aliphatic carbocycles. The van der Waals surface area contributed by atoms with E-state index >= 15 is 0 Å². The fraction of sp³-hybridized carbons (Fsp3) is 0.281. The van der Waals surface area contributed by atoms with E-state index in [1.165, 1.54) is 0 Å². The second-order valence-electron chi connectivity index (χ2n) is 10.1. The predicted octanol–water partition coefficient (Wildman–Crippen LogP) is 5.42. The summed E-state index contributed by atoms with van der Waals surface area (Å²) in [5.74, 6) is -0.0672. The van der Waals surface area contributed by atoms with Gasteiger partial charge in [-0.05, 0) is 60.2 Å². The van der Waals surface area contributed by atoms with Crippen molar-refractivity contribution in [3.05, 3.63) is 107 Å². The highest BCUT2D eigenvalue weighted by Gasteiger charge is 2.29. The zero-order valence-corrected chi connectivity index (χ0v) is 23.4. The molecule has 214 valence electrons. The molecule has 10 nitrogen and oxygen atoms in total. The van der Waals surface area contributed by atoms with Gasteiger partial charge in [-0.3, -0.25) is 14.9 Å². The molecule has 1 aliphatic rings. The smallest absolute Gasteiger partial charge is 0.323 e. The van der Waals surface area contributed by atoms with Crippen molar-refractivity contribution in [3.8, 4) is 23.1 Å². The van der Waals surface area contributed by atoms with E-state index in [1.807, 2.05) is 41.3 Å². The van der Waals surface area contributed by atoms with Gasteiger partial charge in [-0.25, -0.2) is 10.3 Å². The molecule has 1 amide bonds. The molecule has 1 aromatic heterocycles. The maximum atomic E-state index is 12.3. The number of likely N-dealkylation sites (tertiary alicyclic amines) is 1. The van der Waals surface area contributed by atoms with Crippen molar-refractivity contribution in [2.45, 2.75) is 52.0 Å². The highest BCUT2D eigenvalue weighted by Crippen LogP contribution is 2.27. The largest absolute Gasteiger partial charge is 0.458 e. The normalized spacial score (nSPS) is 15.0. The van der Waals surface area contributed by atoms with Crippen LogP contribution in [-0.2, 0) is 24.6 Å². The van der Waals surface area contributed by atoms with Gasteiger partial charge in [-0.2, -0.15) is 9.97 Å². The maximum absolute atomic E-state index is 12.3. The quantitative estimate of drug-likeness (QED) is 0.149. The molecule has 3 aromatic carbocycles. The van der Waals surface area contributed by atoms with Gasteiger partial charge in [0.15, 0.2) is 11.5 Å². The van der Waals surface area contributed by atoms with Gasteiger partial charge in [0.1, 0.15) is 13.2 Å². The van der Waals surface area contributed by atoms with Crippen LogP contribution in [0, 0.1) is 13.5 Å². The van der Waals surface area contributed by atoms with Crippen molar-refractivity contribution in [3.63, 3.8) is 0 Å². The number of hydroxylamine groups is 1. The average Bonchev–Trinajstić information content (AvgIpc) is 3.03. The zero-order valence-electron chi connectivity index (χ0n) is 23.4. The Morgan fingerprint density at radius 1 is 1.00 bits per heavy atom. The topological polar surface area (TPSA) is 114 Å². The number of nitrogens with one attached hydrogen (secondary N) is 1. The minimum Gasteiger partial charge on any atom is -0.458 e. The number of benzene rings is 3.